The lowest BCUT2D eigenvalue weighted by molar-refractivity contribution is 0.125. The van der Waals surface area contributed by atoms with Gasteiger partial charge < -0.3 is 5.11 Å². The maximum absolute atomic E-state index is 11.4. The number of hydrogen-bond donors (Lipinski definition) is 1. The lowest BCUT2D eigenvalue weighted by Crippen LogP contribution is -2.28. The Morgan fingerprint density at radius 1 is 0.762 bits per heavy atom. The molecule has 0 radical (unpaired) electrons. The molecule has 0 spiro atoms. The molecule has 0 saturated carbocycles. The van der Waals surface area contributed by atoms with Crippen LogP contribution in [0.5, 0.6) is 0 Å². The molecule has 3 rings (SSSR count). The number of rotatable bonds is 3. The number of benzene rings is 2. The van der Waals surface area contributed by atoms with Gasteiger partial charge in [-0.3, -0.25) is 4.98 Å². The van der Waals surface area contributed by atoms with E-state index in [1.807, 2.05) is 54.6 Å². The molecule has 2 aromatic carbocycles. The van der Waals surface area contributed by atoms with Crippen LogP contribution >= 0.6 is 11.6 Å². The first-order valence-corrected chi connectivity index (χ1v) is 7.03. The maximum Gasteiger partial charge on any atom is 0.142 e. The van der Waals surface area contributed by atoms with Crippen LogP contribution in [-0.2, 0) is 5.60 Å². The molecular formula is C18H14ClNO. The standard InChI is InChI=1S/C18H14ClNO/c19-17-10-8-15(9-11-17)18(21,14-5-2-1-3-6-14)16-7-4-12-20-13-16/h1-13,21H/t18-/m1/s1. The predicted octanol–water partition coefficient (Wildman–Crippen LogP) is 4.02. The van der Waals surface area contributed by atoms with Gasteiger partial charge in [0.2, 0.25) is 0 Å². The monoisotopic (exact) mass is 295 g/mol. The van der Waals surface area contributed by atoms with E-state index in [9.17, 15) is 5.11 Å². The Balaban J connectivity index is 2.23. The normalized spacial score (nSPS) is 13.6. The van der Waals surface area contributed by atoms with E-state index in [1.54, 1.807) is 24.5 Å². The molecule has 0 unspecified atom stereocenters. The van der Waals surface area contributed by atoms with Crippen molar-refractivity contribution >= 4 is 11.6 Å². The second kappa shape index (κ2) is 5.68. The highest BCUT2D eigenvalue weighted by atomic mass is 35.5. The Morgan fingerprint density at radius 3 is 2.00 bits per heavy atom. The molecule has 3 heteroatoms. The highest BCUT2D eigenvalue weighted by molar-refractivity contribution is 6.30. The SMILES string of the molecule is O[C@](c1ccccc1)(c1ccc(Cl)cc1)c1cccnc1. The Labute approximate surface area is 128 Å². The van der Waals surface area contributed by atoms with Crippen molar-refractivity contribution in [1.29, 1.82) is 0 Å². The minimum absolute atomic E-state index is 0.639. The Hall–Kier alpha value is -2.16. The Morgan fingerprint density at radius 2 is 1.38 bits per heavy atom. The topological polar surface area (TPSA) is 33.1 Å². The molecule has 1 N–H and O–H groups in total. The summed E-state index contributed by atoms with van der Waals surface area (Å²) in [4.78, 5) is 4.13. The van der Waals surface area contributed by atoms with Gasteiger partial charge in [0.05, 0.1) is 0 Å². The van der Waals surface area contributed by atoms with E-state index in [0.717, 1.165) is 16.7 Å². The molecule has 0 aliphatic heterocycles. The summed E-state index contributed by atoms with van der Waals surface area (Å²) in [5, 5.41) is 12.1. The minimum Gasteiger partial charge on any atom is -0.376 e. The van der Waals surface area contributed by atoms with E-state index in [0.29, 0.717) is 5.02 Å². The van der Waals surface area contributed by atoms with Crippen molar-refractivity contribution in [3.8, 4) is 0 Å². The molecule has 0 amide bonds. The highest BCUT2D eigenvalue weighted by Gasteiger charge is 2.33. The van der Waals surface area contributed by atoms with Gasteiger partial charge in [-0.1, -0.05) is 60.1 Å². The van der Waals surface area contributed by atoms with E-state index in [4.69, 9.17) is 11.6 Å². The third-order valence-corrected chi connectivity index (χ3v) is 3.78. The summed E-state index contributed by atoms with van der Waals surface area (Å²) in [6.07, 6.45) is 3.37. The fraction of sp³-hybridized carbons (Fsp3) is 0.0556. The molecule has 104 valence electrons. The predicted molar refractivity (Wildman–Crippen MR) is 84.2 cm³/mol. The van der Waals surface area contributed by atoms with Crippen molar-refractivity contribution in [2.75, 3.05) is 0 Å². The second-order valence-corrected chi connectivity index (χ2v) is 5.26. The van der Waals surface area contributed by atoms with E-state index in [1.165, 1.54) is 0 Å². The molecule has 0 aliphatic carbocycles. The van der Waals surface area contributed by atoms with Gasteiger partial charge in [0, 0.05) is 23.0 Å². The summed E-state index contributed by atoms with van der Waals surface area (Å²) in [6, 6.07) is 20.5. The van der Waals surface area contributed by atoms with Gasteiger partial charge in [-0.25, -0.2) is 0 Å². The molecule has 1 aromatic heterocycles. The van der Waals surface area contributed by atoms with Crippen molar-refractivity contribution in [2.24, 2.45) is 0 Å². The fourth-order valence-corrected chi connectivity index (χ4v) is 2.57. The summed E-state index contributed by atoms with van der Waals surface area (Å²) in [5.41, 5.74) is 1.02. The lowest BCUT2D eigenvalue weighted by atomic mass is 9.81. The van der Waals surface area contributed by atoms with Crippen LogP contribution in [-0.4, -0.2) is 10.1 Å². The zero-order valence-corrected chi connectivity index (χ0v) is 12.0. The van der Waals surface area contributed by atoms with Crippen LogP contribution in [0.4, 0.5) is 0 Å². The summed E-state index contributed by atoms with van der Waals surface area (Å²) in [7, 11) is 0. The van der Waals surface area contributed by atoms with Crippen molar-refractivity contribution < 1.29 is 5.11 Å². The van der Waals surface area contributed by atoms with Crippen molar-refractivity contribution in [1.82, 2.24) is 4.98 Å². The maximum atomic E-state index is 11.4. The average molecular weight is 296 g/mol. The van der Waals surface area contributed by atoms with Crippen LogP contribution in [0.1, 0.15) is 16.7 Å². The molecule has 3 aromatic rings. The zero-order chi connectivity index (χ0) is 14.7. The number of aliphatic hydroxyl groups is 1. The molecule has 0 fully saturated rings. The molecule has 2 nitrogen and oxygen atoms in total. The zero-order valence-electron chi connectivity index (χ0n) is 11.3. The van der Waals surface area contributed by atoms with Gasteiger partial charge in [0.1, 0.15) is 5.60 Å². The molecule has 0 saturated heterocycles. The van der Waals surface area contributed by atoms with E-state index < -0.39 is 5.60 Å². The smallest absolute Gasteiger partial charge is 0.142 e. The first kappa shape index (κ1) is 13.8. The number of nitrogens with zero attached hydrogens (tertiary/aromatic N) is 1. The first-order valence-electron chi connectivity index (χ1n) is 6.66. The number of hydrogen-bond acceptors (Lipinski definition) is 2. The minimum atomic E-state index is -1.25. The summed E-state index contributed by atoms with van der Waals surface area (Å²) in [5.74, 6) is 0. The van der Waals surface area contributed by atoms with E-state index >= 15 is 0 Å². The van der Waals surface area contributed by atoms with Crippen LogP contribution in [0.25, 0.3) is 0 Å². The van der Waals surface area contributed by atoms with Crippen molar-refractivity contribution in [3.63, 3.8) is 0 Å². The average Bonchev–Trinajstić information content (AvgIpc) is 2.56. The van der Waals surface area contributed by atoms with E-state index in [-0.39, 0.29) is 0 Å². The number of pyridine rings is 1. The first-order chi connectivity index (χ1) is 10.2. The molecule has 0 bridgehead atoms. The van der Waals surface area contributed by atoms with Gasteiger partial charge in [-0.15, -0.1) is 0 Å². The second-order valence-electron chi connectivity index (χ2n) is 4.83. The van der Waals surface area contributed by atoms with Crippen LogP contribution in [0, 0.1) is 0 Å². The number of aromatic nitrogens is 1. The molecule has 1 heterocycles. The molecule has 1 atom stereocenters. The fourth-order valence-electron chi connectivity index (χ4n) is 2.45. The van der Waals surface area contributed by atoms with Crippen LogP contribution in [0.15, 0.2) is 79.1 Å². The van der Waals surface area contributed by atoms with Crippen molar-refractivity contribution in [2.45, 2.75) is 5.60 Å². The van der Waals surface area contributed by atoms with Gasteiger partial charge >= 0.3 is 0 Å². The molecule has 21 heavy (non-hydrogen) atoms. The third kappa shape index (κ3) is 2.56. The van der Waals surface area contributed by atoms with Gasteiger partial charge in [0.15, 0.2) is 0 Å². The molecular weight excluding hydrogens is 282 g/mol. The third-order valence-electron chi connectivity index (χ3n) is 3.53. The van der Waals surface area contributed by atoms with Gasteiger partial charge in [0.25, 0.3) is 0 Å². The van der Waals surface area contributed by atoms with Crippen LogP contribution < -0.4 is 0 Å². The summed E-state index contributed by atoms with van der Waals surface area (Å²) in [6.45, 7) is 0. The summed E-state index contributed by atoms with van der Waals surface area (Å²) < 4.78 is 0. The largest absolute Gasteiger partial charge is 0.376 e. The van der Waals surface area contributed by atoms with Crippen LogP contribution in [0.3, 0.4) is 0 Å². The molecule has 0 aliphatic rings. The van der Waals surface area contributed by atoms with Gasteiger partial charge in [-0.05, 0) is 29.3 Å². The van der Waals surface area contributed by atoms with Gasteiger partial charge in [-0.2, -0.15) is 0 Å². The lowest BCUT2D eigenvalue weighted by Gasteiger charge is -2.29. The highest BCUT2D eigenvalue weighted by Crippen LogP contribution is 2.36. The van der Waals surface area contributed by atoms with E-state index in [2.05, 4.69) is 4.98 Å². The Bertz CT molecular complexity index is 672. The Kier molecular flexibility index (Phi) is 3.74. The van der Waals surface area contributed by atoms with Crippen LogP contribution in [0.2, 0.25) is 5.02 Å². The summed E-state index contributed by atoms with van der Waals surface area (Å²) >= 11 is 5.96. The van der Waals surface area contributed by atoms with Crippen molar-refractivity contribution in [3.05, 3.63) is 101 Å². The number of halogens is 1. The quantitative estimate of drug-likeness (QED) is 0.792.